The molecule has 0 saturated carbocycles. The highest BCUT2D eigenvalue weighted by molar-refractivity contribution is 14.0. The van der Waals surface area contributed by atoms with E-state index in [4.69, 9.17) is 5.73 Å². The Morgan fingerprint density at radius 1 is 1.44 bits per heavy atom. The van der Waals surface area contributed by atoms with Gasteiger partial charge in [0, 0.05) is 19.6 Å². The molecule has 4 nitrogen and oxygen atoms in total. The van der Waals surface area contributed by atoms with Crippen LogP contribution in [0.1, 0.15) is 39.5 Å². The quantitative estimate of drug-likeness (QED) is 0.327. The van der Waals surface area contributed by atoms with Gasteiger partial charge in [-0.3, -0.25) is 4.99 Å². The molecule has 1 atom stereocenters. The molecule has 5 heteroatoms. The van der Waals surface area contributed by atoms with Crippen molar-refractivity contribution in [1.29, 1.82) is 0 Å². The number of halogens is 1. The molecule has 1 heterocycles. The lowest BCUT2D eigenvalue weighted by Crippen LogP contribution is -2.37. The van der Waals surface area contributed by atoms with Gasteiger partial charge in [0.1, 0.15) is 0 Å². The van der Waals surface area contributed by atoms with Gasteiger partial charge < -0.3 is 16.0 Å². The number of hydrogen-bond acceptors (Lipinski definition) is 2. The first-order valence-electron chi connectivity index (χ1n) is 7.02. The van der Waals surface area contributed by atoms with Gasteiger partial charge in [-0.2, -0.15) is 0 Å². The summed E-state index contributed by atoms with van der Waals surface area (Å²) in [5.74, 6) is 1.31. The summed E-state index contributed by atoms with van der Waals surface area (Å²) >= 11 is 0. The average Bonchev–Trinajstić information content (AvgIpc) is 2.37. The monoisotopic (exact) mass is 368 g/mol. The number of guanidine groups is 1. The number of nitrogens with two attached hydrogens (primary N) is 1. The van der Waals surface area contributed by atoms with Crippen LogP contribution in [0.25, 0.3) is 0 Å². The standard InChI is InChI=1S/C13H28N4.HI/c1-3-5-8-15-13(14)16-10-12-7-6-9-17(4-2)11-12;/h12H,3-11H2,1-2H3,(H3,14,15,16);1H. The van der Waals surface area contributed by atoms with Crippen molar-refractivity contribution < 1.29 is 0 Å². The predicted molar refractivity (Wildman–Crippen MR) is 89.7 cm³/mol. The minimum absolute atomic E-state index is 0. The lowest BCUT2D eigenvalue weighted by Gasteiger charge is -2.30. The van der Waals surface area contributed by atoms with Gasteiger partial charge in [-0.05, 0) is 38.3 Å². The second kappa shape index (κ2) is 10.8. The van der Waals surface area contributed by atoms with Crippen LogP contribution in [-0.4, -0.2) is 43.6 Å². The number of likely N-dealkylation sites (tertiary alicyclic amines) is 1. The molecule has 108 valence electrons. The number of aliphatic imine (C=N–C) groups is 1. The van der Waals surface area contributed by atoms with E-state index in [1.807, 2.05) is 0 Å². The highest BCUT2D eigenvalue weighted by Gasteiger charge is 2.17. The lowest BCUT2D eigenvalue weighted by atomic mass is 9.98. The molecule has 0 bridgehead atoms. The largest absolute Gasteiger partial charge is 0.370 e. The molecule has 0 aliphatic carbocycles. The molecule has 1 fully saturated rings. The van der Waals surface area contributed by atoms with Crippen molar-refractivity contribution in [2.75, 3.05) is 32.7 Å². The molecule has 1 unspecified atom stereocenters. The van der Waals surface area contributed by atoms with Crippen LogP contribution in [0.3, 0.4) is 0 Å². The van der Waals surface area contributed by atoms with E-state index in [0.717, 1.165) is 26.1 Å². The third-order valence-electron chi connectivity index (χ3n) is 3.41. The normalized spacial score (nSPS) is 21.4. The fourth-order valence-electron chi connectivity index (χ4n) is 2.26. The molecule has 18 heavy (non-hydrogen) atoms. The molecule has 1 aliphatic heterocycles. The van der Waals surface area contributed by atoms with Gasteiger partial charge in [-0.25, -0.2) is 0 Å². The zero-order valence-electron chi connectivity index (χ0n) is 11.8. The van der Waals surface area contributed by atoms with Crippen molar-refractivity contribution in [3.05, 3.63) is 0 Å². The number of rotatable bonds is 6. The summed E-state index contributed by atoms with van der Waals surface area (Å²) in [5.41, 5.74) is 5.82. The van der Waals surface area contributed by atoms with Crippen LogP contribution in [0.5, 0.6) is 0 Å². The van der Waals surface area contributed by atoms with Crippen molar-refractivity contribution in [2.24, 2.45) is 16.6 Å². The molecule has 0 amide bonds. The first-order valence-corrected chi connectivity index (χ1v) is 7.02. The summed E-state index contributed by atoms with van der Waals surface area (Å²) in [6, 6.07) is 0. The van der Waals surface area contributed by atoms with Gasteiger partial charge in [0.25, 0.3) is 0 Å². The first kappa shape index (κ1) is 18.0. The number of hydrogen-bond donors (Lipinski definition) is 2. The molecule has 0 aromatic heterocycles. The summed E-state index contributed by atoms with van der Waals surface area (Å²) in [6.07, 6.45) is 4.94. The van der Waals surface area contributed by atoms with E-state index in [9.17, 15) is 0 Å². The third kappa shape index (κ3) is 7.41. The molecule has 3 N–H and O–H groups in total. The van der Waals surface area contributed by atoms with Crippen molar-refractivity contribution >= 4 is 29.9 Å². The second-order valence-electron chi connectivity index (χ2n) is 4.91. The highest BCUT2D eigenvalue weighted by atomic mass is 127. The van der Waals surface area contributed by atoms with Crippen molar-refractivity contribution in [2.45, 2.75) is 39.5 Å². The summed E-state index contributed by atoms with van der Waals surface area (Å²) in [5, 5.41) is 3.16. The van der Waals surface area contributed by atoms with Crippen LogP contribution < -0.4 is 11.1 Å². The van der Waals surface area contributed by atoms with Crippen LogP contribution in [0.2, 0.25) is 0 Å². The van der Waals surface area contributed by atoms with Crippen LogP contribution in [0.15, 0.2) is 4.99 Å². The van der Waals surface area contributed by atoms with E-state index in [1.54, 1.807) is 0 Å². The zero-order chi connectivity index (χ0) is 12.5. The highest BCUT2D eigenvalue weighted by Crippen LogP contribution is 2.16. The molecular formula is C13H29IN4. The predicted octanol–water partition coefficient (Wildman–Crippen LogP) is 2.04. The molecule has 0 radical (unpaired) electrons. The molecule has 0 spiro atoms. The fraction of sp³-hybridized carbons (Fsp3) is 0.923. The summed E-state index contributed by atoms with van der Waals surface area (Å²) < 4.78 is 0. The smallest absolute Gasteiger partial charge is 0.188 e. The van der Waals surface area contributed by atoms with Gasteiger partial charge in [0.2, 0.25) is 0 Å². The molecule has 0 aromatic rings. The SMILES string of the molecule is CCCCNC(N)=NCC1CCCN(CC)C1.I. The van der Waals surface area contributed by atoms with E-state index in [0.29, 0.717) is 11.9 Å². The Bertz CT molecular complexity index is 233. The molecule has 1 rings (SSSR count). The van der Waals surface area contributed by atoms with Gasteiger partial charge in [-0.15, -0.1) is 24.0 Å². The van der Waals surface area contributed by atoms with Crippen LogP contribution >= 0.6 is 24.0 Å². The molecule has 1 saturated heterocycles. The number of nitrogens with zero attached hydrogens (tertiary/aromatic N) is 2. The topological polar surface area (TPSA) is 53.6 Å². The van der Waals surface area contributed by atoms with Gasteiger partial charge >= 0.3 is 0 Å². The lowest BCUT2D eigenvalue weighted by molar-refractivity contribution is 0.186. The second-order valence-corrected chi connectivity index (χ2v) is 4.91. The Kier molecular flexibility index (Phi) is 10.8. The van der Waals surface area contributed by atoms with Gasteiger partial charge in [0.05, 0.1) is 0 Å². The van der Waals surface area contributed by atoms with Crippen molar-refractivity contribution in [3.8, 4) is 0 Å². The molecule has 1 aliphatic rings. The summed E-state index contributed by atoms with van der Waals surface area (Å²) in [7, 11) is 0. The number of piperidine rings is 1. The number of unbranched alkanes of at least 4 members (excludes halogenated alkanes) is 1. The maximum atomic E-state index is 5.82. The van der Waals surface area contributed by atoms with Crippen molar-refractivity contribution in [1.82, 2.24) is 10.2 Å². The third-order valence-corrected chi connectivity index (χ3v) is 3.41. The fourth-order valence-corrected chi connectivity index (χ4v) is 2.26. The van der Waals surface area contributed by atoms with Crippen LogP contribution in [0, 0.1) is 5.92 Å². The maximum Gasteiger partial charge on any atom is 0.188 e. The minimum atomic E-state index is 0. The minimum Gasteiger partial charge on any atom is -0.370 e. The first-order chi connectivity index (χ1) is 8.26. The van der Waals surface area contributed by atoms with E-state index >= 15 is 0 Å². The average molecular weight is 368 g/mol. The maximum absolute atomic E-state index is 5.82. The van der Waals surface area contributed by atoms with E-state index in [1.165, 1.54) is 32.4 Å². The Labute approximate surface area is 129 Å². The summed E-state index contributed by atoms with van der Waals surface area (Å²) in [4.78, 5) is 6.95. The Morgan fingerprint density at radius 2 is 2.22 bits per heavy atom. The summed E-state index contributed by atoms with van der Waals surface area (Å²) in [6.45, 7) is 9.81. The van der Waals surface area contributed by atoms with E-state index < -0.39 is 0 Å². The molecule has 0 aromatic carbocycles. The Morgan fingerprint density at radius 3 is 2.89 bits per heavy atom. The molecular weight excluding hydrogens is 339 g/mol. The van der Waals surface area contributed by atoms with Gasteiger partial charge in [0.15, 0.2) is 5.96 Å². The Hall–Kier alpha value is -0.0400. The zero-order valence-corrected chi connectivity index (χ0v) is 14.2. The number of nitrogens with one attached hydrogen (secondary N) is 1. The van der Waals surface area contributed by atoms with E-state index in [2.05, 4.69) is 29.1 Å². The van der Waals surface area contributed by atoms with Gasteiger partial charge in [-0.1, -0.05) is 20.3 Å². The van der Waals surface area contributed by atoms with E-state index in [-0.39, 0.29) is 24.0 Å². The van der Waals surface area contributed by atoms with Crippen LogP contribution in [0.4, 0.5) is 0 Å². The van der Waals surface area contributed by atoms with Crippen LogP contribution in [-0.2, 0) is 0 Å². The Balaban J connectivity index is 0.00000289. The van der Waals surface area contributed by atoms with Crippen molar-refractivity contribution in [3.63, 3.8) is 0 Å².